The summed E-state index contributed by atoms with van der Waals surface area (Å²) in [6.45, 7) is 4.24. The van der Waals surface area contributed by atoms with Crippen molar-refractivity contribution in [2.75, 3.05) is 7.05 Å². The van der Waals surface area contributed by atoms with Crippen molar-refractivity contribution < 1.29 is 0 Å². The summed E-state index contributed by atoms with van der Waals surface area (Å²) in [5, 5.41) is 1.81. The van der Waals surface area contributed by atoms with E-state index in [1.165, 1.54) is 0 Å². The molecule has 0 radical (unpaired) electrons. The Morgan fingerprint density at radius 1 is 1.60 bits per heavy atom. The molecular formula is C7H13N3. The van der Waals surface area contributed by atoms with E-state index < -0.39 is 0 Å². The summed E-state index contributed by atoms with van der Waals surface area (Å²) < 4.78 is 0. The Balaban J connectivity index is 2.59. The molecule has 0 saturated heterocycles. The van der Waals surface area contributed by atoms with Gasteiger partial charge in [-0.3, -0.25) is 5.01 Å². The van der Waals surface area contributed by atoms with Gasteiger partial charge in [0.05, 0.1) is 5.70 Å². The summed E-state index contributed by atoms with van der Waals surface area (Å²) >= 11 is 0. The smallest absolute Gasteiger partial charge is 0.109 e. The second-order valence-corrected chi connectivity index (χ2v) is 2.71. The molecule has 1 aliphatic rings. The molecule has 1 aliphatic heterocycles. The largest absolute Gasteiger partial charge is 0.303 e. The highest BCUT2D eigenvalue weighted by Gasteiger charge is 2.03. The van der Waals surface area contributed by atoms with Crippen molar-refractivity contribution in [3.63, 3.8) is 0 Å². The Morgan fingerprint density at radius 3 is 2.70 bits per heavy atom. The number of hydrogen-bond donors (Lipinski definition) is 1. The first-order chi connectivity index (χ1) is 4.70. The van der Waals surface area contributed by atoms with Crippen LogP contribution in [-0.2, 0) is 0 Å². The second kappa shape index (κ2) is 2.73. The maximum atomic E-state index is 4.21. The third-order valence-electron chi connectivity index (χ3n) is 1.39. The third kappa shape index (κ3) is 1.50. The minimum atomic E-state index is 0.498. The Morgan fingerprint density at radius 2 is 2.30 bits per heavy atom. The van der Waals surface area contributed by atoms with E-state index in [1.54, 1.807) is 6.34 Å². The van der Waals surface area contributed by atoms with E-state index in [9.17, 15) is 0 Å². The van der Waals surface area contributed by atoms with Gasteiger partial charge in [0.25, 0.3) is 0 Å². The van der Waals surface area contributed by atoms with E-state index in [-0.39, 0.29) is 0 Å². The number of rotatable bonds is 1. The maximum Gasteiger partial charge on any atom is 0.109 e. The van der Waals surface area contributed by atoms with E-state index in [1.807, 2.05) is 18.3 Å². The number of hydrogen-bond acceptors (Lipinski definition) is 3. The number of allylic oxidation sites excluding steroid dienone is 1. The number of aliphatic imine (C=N–C) groups is 1. The summed E-state index contributed by atoms with van der Waals surface area (Å²) in [5.41, 5.74) is 4.13. The van der Waals surface area contributed by atoms with Crippen LogP contribution in [0.5, 0.6) is 0 Å². The number of nitrogens with zero attached hydrogens (tertiary/aromatic N) is 2. The first-order valence-electron chi connectivity index (χ1n) is 3.43. The van der Waals surface area contributed by atoms with Gasteiger partial charge < -0.3 is 5.43 Å². The first-order valence-corrected chi connectivity index (χ1v) is 3.43. The second-order valence-electron chi connectivity index (χ2n) is 2.71. The molecule has 0 saturated carbocycles. The summed E-state index contributed by atoms with van der Waals surface area (Å²) in [6.07, 6.45) is 3.69. The van der Waals surface area contributed by atoms with Crippen molar-refractivity contribution in [2.45, 2.75) is 13.8 Å². The molecule has 0 unspecified atom stereocenters. The molecule has 0 bridgehead atoms. The molecule has 0 aliphatic carbocycles. The number of hydrazine groups is 1. The van der Waals surface area contributed by atoms with E-state index in [0.717, 1.165) is 5.70 Å². The van der Waals surface area contributed by atoms with Crippen LogP contribution in [-0.4, -0.2) is 18.4 Å². The highest BCUT2D eigenvalue weighted by atomic mass is 15.5. The van der Waals surface area contributed by atoms with Crippen molar-refractivity contribution in [1.29, 1.82) is 0 Å². The van der Waals surface area contributed by atoms with Gasteiger partial charge in [-0.2, -0.15) is 0 Å². The van der Waals surface area contributed by atoms with Crippen LogP contribution in [0.1, 0.15) is 13.8 Å². The third-order valence-corrected chi connectivity index (χ3v) is 1.39. The van der Waals surface area contributed by atoms with E-state index in [2.05, 4.69) is 24.3 Å². The molecule has 0 amide bonds. The topological polar surface area (TPSA) is 27.6 Å². The lowest BCUT2D eigenvalue weighted by Gasteiger charge is -2.19. The predicted molar refractivity (Wildman–Crippen MR) is 42.3 cm³/mol. The Labute approximate surface area is 61.4 Å². The van der Waals surface area contributed by atoms with Crippen molar-refractivity contribution in [1.82, 2.24) is 10.4 Å². The van der Waals surface area contributed by atoms with Crippen LogP contribution in [0.2, 0.25) is 0 Å². The van der Waals surface area contributed by atoms with Gasteiger partial charge in [-0.1, -0.05) is 13.8 Å². The highest BCUT2D eigenvalue weighted by Crippen LogP contribution is 2.10. The van der Waals surface area contributed by atoms with Crippen LogP contribution >= 0.6 is 0 Å². The maximum absolute atomic E-state index is 4.21. The first kappa shape index (κ1) is 7.12. The molecule has 0 spiro atoms. The van der Waals surface area contributed by atoms with Crippen molar-refractivity contribution in [3.05, 3.63) is 11.9 Å². The van der Waals surface area contributed by atoms with E-state index in [4.69, 9.17) is 0 Å². The molecule has 56 valence electrons. The molecule has 0 aromatic rings. The van der Waals surface area contributed by atoms with Gasteiger partial charge in [0, 0.05) is 13.2 Å². The summed E-state index contributed by atoms with van der Waals surface area (Å²) in [6, 6.07) is 0. The van der Waals surface area contributed by atoms with Gasteiger partial charge in [-0.15, -0.1) is 0 Å². The quantitative estimate of drug-likeness (QED) is 0.586. The molecule has 3 nitrogen and oxygen atoms in total. The van der Waals surface area contributed by atoms with Gasteiger partial charge in [-0.25, -0.2) is 4.99 Å². The monoisotopic (exact) mass is 139 g/mol. The van der Waals surface area contributed by atoms with Crippen molar-refractivity contribution >= 4 is 6.34 Å². The summed E-state index contributed by atoms with van der Waals surface area (Å²) in [5.74, 6) is 0.498. The highest BCUT2D eigenvalue weighted by molar-refractivity contribution is 5.57. The lowest BCUT2D eigenvalue weighted by Crippen LogP contribution is -2.31. The summed E-state index contributed by atoms with van der Waals surface area (Å²) in [4.78, 5) is 4.21. The average Bonchev–Trinajstić information content (AvgIpc) is 1.88. The van der Waals surface area contributed by atoms with Crippen LogP contribution < -0.4 is 5.43 Å². The molecule has 0 fully saturated rings. The molecule has 1 N–H and O–H groups in total. The average molecular weight is 139 g/mol. The van der Waals surface area contributed by atoms with Crippen LogP contribution in [0.4, 0.5) is 0 Å². The predicted octanol–water partition coefficient (Wildman–Crippen LogP) is 0.962. The Bertz CT molecular complexity index is 170. The van der Waals surface area contributed by atoms with Gasteiger partial charge in [0.2, 0.25) is 0 Å². The van der Waals surface area contributed by atoms with E-state index >= 15 is 0 Å². The Kier molecular flexibility index (Phi) is 1.94. The van der Waals surface area contributed by atoms with Gasteiger partial charge in [-0.05, 0) is 5.92 Å². The summed E-state index contributed by atoms with van der Waals surface area (Å²) in [7, 11) is 1.91. The van der Waals surface area contributed by atoms with Crippen LogP contribution in [0.15, 0.2) is 16.9 Å². The fraction of sp³-hybridized carbons (Fsp3) is 0.571. The zero-order chi connectivity index (χ0) is 7.56. The van der Waals surface area contributed by atoms with Gasteiger partial charge >= 0.3 is 0 Å². The molecule has 0 aromatic carbocycles. The van der Waals surface area contributed by atoms with E-state index in [0.29, 0.717) is 5.92 Å². The van der Waals surface area contributed by atoms with Gasteiger partial charge in [0.15, 0.2) is 0 Å². The zero-order valence-electron chi connectivity index (χ0n) is 6.63. The standard InChI is InChI=1S/C7H13N3/c1-6(2)7-4-9-10(3)5-8-7/h4-6,9H,1-3H3. The minimum absolute atomic E-state index is 0.498. The Hall–Kier alpha value is -0.990. The SMILES string of the molecule is CC(C)C1=CNN(C)C=N1. The fourth-order valence-electron chi connectivity index (χ4n) is 0.708. The van der Waals surface area contributed by atoms with Crippen LogP contribution in [0, 0.1) is 5.92 Å². The van der Waals surface area contributed by atoms with Crippen LogP contribution in [0.25, 0.3) is 0 Å². The molecule has 0 aromatic heterocycles. The fourth-order valence-corrected chi connectivity index (χ4v) is 0.708. The lowest BCUT2D eigenvalue weighted by molar-refractivity contribution is 0.431. The molecule has 0 atom stereocenters. The molecular weight excluding hydrogens is 126 g/mol. The zero-order valence-corrected chi connectivity index (χ0v) is 6.63. The minimum Gasteiger partial charge on any atom is -0.303 e. The molecule has 3 heteroatoms. The molecule has 1 heterocycles. The van der Waals surface area contributed by atoms with Crippen LogP contribution in [0.3, 0.4) is 0 Å². The molecule has 10 heavy (non-hydrogen) atoms. The molecule has 1 rings (SSSR count). The lowest BCUT2D eigenvalue weighted by atomic mass is 10.1. The van der Waals surface area contributed by atoms with Crippen molar-refractivity contribution in [2.24, 2.45) is 10.9 Å². The number of nitrogens with one attached hydrogen (secondary N) is 1. The van der Waals surface area contributed by atoms with Crippen molar-refractivity contribution in [3.8, 4) is 0 Å². The normalized spacial score (nSPS) is 17.2. The van der Waals surface area contributed by atoms with Gasteiger partial charge in [0.1, 0.15) is 6.34 Å².